The second kappa shape index (κ2) is 14.2. The number of hydrogen-bond donors (Lipinski definition) is 1. The van der Waals surface area contributed by atoms with Crippen LogP contribution in [0.15, 0.2) is 77.8 Å². The first-order valence-corrected chi connectivity index (χ1v) is 15.7. The average molecular weight is 640 g/mol. The van der Waals surface area contributed by atoms with Gasteiger partial charge in [0, 0.05) is 57.6 Å². The number of ether oxygens (including phenoxy) is 2. The number of nitrogens with one attached hydrogen (secondary N) is 1. The summed E-state index contributed by atoms with van der Waals surface area (Å²) in [6.45, 7) is 8.65. The lowest BCUT2D eigenvalue weighted by molar-refractivity contribution is -0.119. The van der Waals surface area contributed by atoms with Gasteiger partial charge in [0.15, 0.2) is 0 Å². The number of carbonyl (C=O) groups excluding carboxylic acids is 4. The Kier molecular flexibility index (Phi) is 10.0. The minimum absolute atomic E-state index is 0.0219. The van der Waals surface area contributed by atoms with Crippen molar-refractivity contribution in [3.8, 4) is 0 Å². The molecule has 0 spiro atoms. The van der Waals surface area contributed by atoms with Gasteiger partial charge < -0.3 is 24.6 Å². The van der Waals surface area contributed by atoms with Gasteiger partial charge in [-0.2, -0.15) is 0 Å². The monoisotopic (exact) mass is 639 g/mol. The molecule has 1 saturated heterocycles. The first-order valence-electron chi connectivity index (χ1n) is 15.7. The molecule has 1 unspecified atom stereocenters. The summed E-state index contributed by atoms with van der Waals surface area (Å²) in [6, 6.07) is 21.8. The van der Waals surface area contributed by atoms with Crippen molar-refractivity contribution in [3.05, 3.63) is 89.5 Å². The zero-order chi connectivity index (χ0) is 33.7. The molecule has 0 bridgehead atoms. The minimum Gasteiger partial charge on any atom is -0.465 e. The zero-order valence-electron chi connectivity index (χ0n) is 27.5. The van der Waals surface area contributed by atoms with Crippen molar-refractivity contribution < 1.29 is 28.7 Å². The van der Waals surface area contributed by atoms with Crippen LogP contribution < -0.4 is 10.2 Å². The molecule has 0 aliphatic carbocycles. The van der Waals surface area contributed by atoms with Gasteiger partial charge in [0.05, 0.1) is 24.1 Å². The van der Waals surface area contributed by atoms with Crippen molar-refractivity contribution in [2.24, 2.45) is 4.99 Å². The van der Waals surface area contributed by atoms with E-state index < -0.39 is 17.5 Å². The summed E-state index contributed by atoms with van der Waals surface area (Å²) in [5.74, 6) is -1.43. The summed E-state index contributed by atoms with van der Waals surface area (Å²) >= 11 is 0. The molecule has 2 aliphatic rings. The van der Waals surface area contributed by atoms with Gasteiger partial charge in [-0.15, -0.1) is 0 Å². The van der Waals surface area contributed by atoms with Crippen molar-refractivity contribution in [3.63, 3.8) is 0 Å². The second-order valence-corrected chi connectivity index (χ2v) is 12.6. The lowest BCUT2D eigenvalue weighted by Gasteiger charge is -2.35. The Morgan fingerprint density at radius 2 is 1.62 bits per heavy atom. The number of rotatable bonds is 8. The number of carbonyl (C=O) groups is 4. The highest BCUT2D eigenvalue weighted by Gasteiger charge is 2.36. The van der Waals surface area contributed by atoms with Gasteiger partial charge in [-0.1, -0.05) is 36.4 Å². The van der Waals surface area contributed by atoms with E-state index in [0.717, 1.165) is 16.8 Å². The normalized spacial score (nSPS) is 16.7. The Bertz CT molecular complexity index is 1660. The van der Waals surface area contributed by atoms with Crippen LogP contribution in [0, 0.1) is 0 Å². The van der Waals surface area contributed by atoms with Crippen LogP contribution in [0.5, 0.6) is 0 Å². The van der Waals surface area contributed by atoms with Crippen molar-refractivity contribution in [1.29, 1.82) is 0 Å². The number of amides is 3. The third-order valence-corrected chi connectivity index (χ3v) is 8.17. The van der Waals surface area contributed by atoms with Gasteiger partial charge in [-0.3, -0.25) is 19.5 Å². The van der Waals surface area contributed by atoms with Gasteiger partial charge in [0.25, 0.3) is 0 Å². The number of nitrogens with zero attached hydrogens (tertiary/aromatic N) is 4. The summed E-state index contributed by atoms with van der Waals surface area (Å²) in [5, 5.41) is 2.89. The number of aliphatic imine (C=N–C) groups is 1. The fourth-order valence-corrected chi connectivity index (χ4v) is 5.62. The number of methoxy groups -OCH3 is 1. The summed E-state index contributed by atoms with van der Waals surface area (Å²) in [5.41, 5.74) is 3.80. The number of benzene rings is 3. The molecule has 3 aromatic rings. The highest BCUT2D eigenvalue weighted by Crippen LogP contribution is 2.37. The van der Waals surface area contributed by atoms with Gasteiger partial charge >= 0.3 is 12.1 Å². The third-order valence-electron chi connectivity index (χ3n) is 8.17. The highest BCUT2D eigenvalue weighted by atomic mass is 16.6. The van der Waals surface area contributed by atoms with Crippen molar-refractivity contribution in [2.75, 3.05) is 57.1 Å². The lowest BCUT2D eigenvalue weighted by atomic mass is 9.90. The molecule has 11 nitrogen and oxygen atoms in total. The maximum atomic E-state index is 13.3. The molecule has 0 saturated carbocycles. The fraction of sp³-hybridized carbons (Fsp3) is 0.361. The van der Waals surface area contributed by atoms with Crippen LogP contribution in [-0.4, -0.2) is 91.9 Å². The third kappa shape index (κ3) is 8.04. The summed E-state index contributed by atoms with van der Waals surface area (Å²) in [6.07, 6.45) is 0.0386. The Morgan fingerprint density at radius 1 is 0.936 bits per heavy atom. The van der Waals surface area contributed by atoms with E-state index in [-0.39, 0.29) is 17.9 Å². The molecular formula is C36H41N5O6. The molecule has 2 aliphatic heterocycles. The van der Waals surface area contributed by atoms with Crippen LogP contribution in [0.4, 0.5) is 21.9 Å². The van der Waals surface area contributed by atoms with E-state index in [4.69, 9.17) is 14.5 Å². The molecule has 47 heavy (non-hydrogen) atoms. The number of hydrogen-bond acceptors (Lipinski definition) is 8. The lowest BCUT2D eigenvalue weighted by Crippen LogP contribution is -2.50. The Morgan fingerprint density at radius 3 is 2.26 bits per heavy atom. The number of esters is 1. The van der Waals surface area contributed by atoms with Crippen molar-refractivity contribution in [2.45, 2.75) is 38.7 Å². The average Bonchev–Trinajstić information content (AvgIpc) is 3.40. The smallest absolute Gasteiger partial charge is 0.410 e. The zero-order valence-corrected chi connectivity index (χ0v) is 27.5. The molecule has 1 fully saturated rings. The van der Waals surface area contributed by atoms with Crippen LogP contribution in [0.3, 0.4) is 0 Å². The molecule has 3 amide bonds. The molecule has 5 rings (SSSR count). The van der Waals surface area contributed by atoms with Crippen LogP contribution in [-0.2, 0) is 19.1 Å². The Hall–Kier alpha value is -5.03. The van der Waals surface area contributed by atoms with E-state index in [1.165, 1.54) is 7.11 Å². The van der Waals surface area contributed by atoms with E-state index in [1.54, 1.807) is 35.0 Å². The second-order valence-electron chi connectivity index (χ2n) is 12.6. The molecular weight excluding hydrogens is 598 g/mol. The van der Waals surface area contributed by atoms with Gasteiger partial charge in [0.2, 0.25) is 11.8 Å². The summed E-state index contributed by atoms with van der Waals surface area (Å²) in [4.78, 5) is 61.2. The van der Waals surface area contributed by atoms with E-state index in [0.29, 0.717) is 61.8 Å². The molecule has 0 aromatic heterocycles. The predicted octanol–water partition coefficient (Wildman–Crippen LogP) is 5.24. The standard InChI is InChI=1S/C36H41N5O6/c1-36(2,3)47-35(45)41-21-19-40(20-22-41)18-17-30(42)39(4)27-14-12-26(13-15-27)37-32(24-9-7-6-8-10-24)31-28-16-11-25(34(44)46-5)23-29(28)38-33(31)43/h6-16,23,31H,17-22H2,1-5H3,(H,38,43). The van der Waals surface area contributed by atoms with Crippen molar-refractivity contribution in [1.82, 2.24) is 9.80 Å². The molecule has 2 heterocycles. The largest absolute Gasteiger partial charge is 0.465 e. The van der Waals surface area contributed by atoms with Crippen LogP contribution >= 0.6 is 0 Å². The molecule has 11 heteroatoms. The minimum atomic E-state index is -0.686. The van der Waals surface area contributed by atoms with Gasteiger partial charge in [0.1, 0.15) is 11.5 Å². The first-order chi connectivity index (χ1) is 22.4. The highest BCUT2D eigenvalue weighted by molar-refractivity contribution is 6.24. The topological polar surface area (TPSA) is 121 Å². The quantitative estimate of drug-likeness (QED) is 0.265. The Labute approximate surface area is 275 Å². The molecule has 1 atom stereocenters. The number of anilines is 2. The van der Waals surface area contributed by atoms with Crippen molar-refractivity contribution >= 4 is 46.7 Å². The first kappa shape index (κ1) is 33.3. The number of fused-ring (bicyclic) bond motifs is 1. The van der Waals surface area contributed by atoms with Gasteiger partial charge in [-0.25, -0.2) is 9.59 Å². The SMILES string of the molecule is COC(=O)c1ccc2c(c1)NC(=O)C2C(=Nc1ccc(N(C)C(=O)CCN2CCN(C(=O)OC(C)(C)C)CC2)cc1)c1ccccc1. The van der Waals surface area contributed by atoms with Crippen LogP contribution in [0.2, 0.25) is 0 Å². The number of piperazine rings is 1. The van der Waals surface area contributed by atoms with E-state index in [2.05, 4.69) is 10.2 Å². The van der Waals surface area contributed by atoms with E-state index in [9.17, 15) is 19.2 Å². The summed E-state index contributed by atoms with van der Waals surface area (Å²) < 4.78 is 10.3. The fourth-order valence-electron chi connectivity index (χ4n) is 5.62. The van der Waals surface area contributed by atoms with Crippen LogP contribution in [0.25, 0.3) is 0 Å². The molecule has 246 valence electrons. The maximum Gasteiger partial charge on any atom is 0.410 e. The Balaban J connectivity index is 1.25. The maximum absolute atomic E-state index is 13.3. The molecule has 0 radical (unpaired) electrons. The van der Waals surface area contributed by atoms with E-state index in [1.807, 2.05) is 75.4 Å². The molecule has 3 aromatic carbocycles. The predicted molar refractivity (Wildman–Crippen MR) is 181 cm³/mol. The molecule has 1 N–H and O–H groups in total. The van der Waals surface area contributed by atoms with Crippen LogP contribution in [0.1, 0.15) is 54.6 Å². The summed E-state index contributed by atoms with van der Waals surface area (Å²) in [7, 11) is 3.06. The van der Waals surface area contributed by atoms with Gasteiger partial charge in [-0.05, 0) is 68.3 Å². The van der Waals surface area contributed by atoms with E-state index >= 15 is 0 Å².